The van der Waals surface area contributed by atoms with E-state index in [4.69, 9.17) is 14.6 Å². The molecule has 12 aromatic rings. The second kappa shape index (κ2) is 19.5. The predicted octanol–water partition coefficient (Wildman–Crippen LogP) is 15.2. The van der Waals surface area contributed by atoms with Crippen molar-refractivity contribution in [3.63, 3.8) is 0 Å². The van der Waals surface area contributed by atoms with E-state index in [2.05, 4.69) is 277 Å². The van der Waals surface area contributed by atoms with E-state index in [0.29, 0.717) is 11.5 Å². The fraction of sp³-hybridized carbons (Fsp3) is 0.0563. The zero-order valence-electron chi connectivity index (χ0n) is 44.1. The van der Waals surface area contributed by atoms with E-state index in [1.54, 1.807) is 0 Å². The fourth-order valence-corrected chi connectivity index (χ4v) is 12.1. The van der Waals surface area contributed by atoms with Crippen LogP contribution < -0.4 is 30.0 Å². The van der Waals surface area contributed by atoms with Crippen molar-refractivity contribution in [1.82, 2.24) is 9.55 Å². The monoisotopic (exact) mass is 1210 g/mol. The van der Waals surface area contributed by atoms with Gasteiger partial charge in [-0.1, -0.05) is 220 Å². The van der Waals surface area contributed by atoms with Gasteiger partial charge in [-0.2, -0.15) is 18.2 Å². The Morgan fingerprint density at radius 2 is 1.05 bits per heavy atom. The largest absolute Gasteiger partial charge is 0.510 e. The molecule has 80 heavy (non-hydrogen) atoms. The van der Waals surface area contributed by atoms with Gasteiger partial charge < -0.3 is 14.2 Å². The smallest absolute Gasteiger partial charge is 0.285 e. The van der Waals surface area contributed by atoms with Crippen molar-refractivity contribution in [2.75, 3.05) is 9.80 Å². The summed E-state index contributed by atoms with van der Waals surface area (Å²) in [6.07, 6.45) is 5.83. The average Bonchev–Trinajstić information content (AvgIpc) is 4.22. The first-order chi connectivity index (χ1) is 38.9. The number of rotatable bonds is 7. The van der Waals surface area contributed by atoms with Crippen LogP contribution in [0.2, 0.25) is 0 Å². The van der Waals surface area contributed by atoms with Crippen LogP contribution in [0.25, 0.3) is 78.0 Å². The van der Waals surface area contributed by atoms with Crippen LogP contribution in [-0.4, -0.2) is 22.4 Å². The molecule has 0 amide bonds. The molecule has 384 valence electrons. The second-order valence-electron chi connectivity index (χ2n) is 21.3. The van der Waals surface area contributed by atoms with Gasteiger partial charge in [-0.25, -0.2) is 4.98 Å². The molecule has 15 rings (SSSR count). The summed E-state index contributed by atoms with van der Waals surface area (Å²) in [5.41, 5.74) is 21.0. The van der Waals surface area contributed by atoms with Gasteiger partial charge in [0.25, 0.3) is 13.2 Å². The molecule has 5 heterocycles. The molecular weight excluding hydrogens is 1160 g/mol. The first-order valence-corrected chi connectivity index (χ1v) is 26.9. The molecule has 7 nitrogen and oxygen atoms in total. The number of benzene rings is 10. The quantitative estimate of drug-likeness (QED) is 0.0906. The van der Waals surface area contributed by atoms with Crippen LogP contribution in [0, 0.1) is 18.5 Å². The normalized spacial score (nSPS) is 12.8. The SMILES string of the molecule is CC(C)(C)c1ccnc2c1N(c1ccccc1)C1=NB(c3ccccc3-c3ccccc3)c3ccc(Oc4[c-]c(-n5[c-][n+]6c7c(cccc75)-c5ccccc5-c5ccccc5-c5cccc(-c7ccccc7)c5-6)ccc4)[c-]c3N12.[Pt]. The maximum Gasteiger partial charge on any atom is 0.285 e. The second-order valence-corrected chi connectivity index (χ2v) is 21.3. The Hall–Kier alpha value is -9.36. The average molecular weight is 1210 g/mol. The third-order valence-corrected chi connectivity index (χ3v) is 15.6. The van der Waals surface area contributed by atoms with Gasteiger partial charge in [-0.3, -0.25) is 14.4 Å². The summed E-state index contributed by atoms with van der Waals surface area (Å²) in [6, 6.07) is 91.0. The number of hydrogen-bond donors (Lipinski definition) is 0. The van der Waals surface area contributed by atoms with Crippen molar-refractivity contribution < 1.29 is 30.4 Å². The molecule has 3 aliphatic rings. The molecular formula is C71H49BN6OPt-2. The number of pyridine rings is 1. The maximum atomic E-state index is 6.98. The number of guanidine groups is 1. The van der Waals surface area contributed by atoms with Gasteiger partial charge in [0.1, 0.15) is 0 Å². The summed E-state index contributed by atoms with van der Waals surface area (Å²) in [4.78, 5) is 15.4. The van der Waals surface area contributed by atoms with E-state index in [0.717, 1.165) is 112 Å². The Balaban J connectivity index is 0.00000577. The van der Waals surface area contributed by atoms with Crippen LogP contribution in [-0.2, 0) is 26.5 Å². The summed E-state index contributed by atoms with van der Waals surface area (Å²) in [6.45, 7) is 6.37. The number of nitrogens with zero attached hydrogens (tertiary/aromatic N) is 6. The van der Waals surface area contributed by atoms with Gasteiger partial charge >= 0.3 is 0 Å². The van der Waals surface area contributed by atoms with Gasteiger partial charge in [0.05, 0.1) is 22.4 Å². The molecule has 3 aliphatic heterocycles. The molecule has 0 atom stereocenters. The molecule has 0 fully saturated rings. The first kappa shape index (κ1) is 49.0. The summed E-state index contributed by atoms with van der Waals surface area (Å²) in [5.74, 6) is 2.61. The van der Waals surface area contributed by atoms with Crippen LogP contribution >= 0.6 is 0 Å². The van der Waals surface area contributed by atoms with Gasteiger partial charge in [0, 0.05) is 44.4 Å². The number of hydrogen-bond acceptors (Lipinski definition) is 5. The van der Waals surface area contributed by atoms with E-state index in [9.17, 15) is 0 Å². The summed E-state index contributed by atoms with van der Waals surface area (Å²) in [7, 11) is 0. The number of fused-ring (bicyclic) bond motifs is 12. The summed E-state index contributed by atoms with van der Waals surface area (Å²) >= 11 is 0. The zero-order valence-corrected chi connectivity index (χ0v) is 46.4. The summed E-state index contributed by atoms with van der Waals surface area (Å²) in [5, 5.41) is 0. The van der Waals surface area contributed by atoms with Crippen molar-refractivity contribution in [1.29, 1.82) is 0 Å². The van der Waals surface area contributed by atoms with E-state index in [1.807, 2.05) is 24.4 Å². The van der Waals surface area contributed by atoms with Crippen LogP contribution in [0.3, 0.4) is 0 Å². The number of imidazole rings is 1. The minimum absolute atomic E-state index is 0. The predicted molar refractivity (Wildman–Crippen MR) is 321 cm³/mol. The molecule has 10 aromatic carbocycles. The fourth-order valence-electron chi connectivity index (χ4n) is 12.1. The number of ether oxygens (including phenoxy) is 1. The number of aromatic nitrogens is 3. The Morgan fingerprint density at radius 1 is 0.487 bits per heavy atom. The third-order valence-electron chi connectivity index (χ3n) is 15.6. The Bertz CT molecular complexity index is 4420. The molecule has 2 aromatic heterocycles. The molecule has 9 heteroatoms. The molecule has 0 bridgehead atoms. The molecule has 0 radical (unpaired) electrons. The van der Waals surface area contributed by atoms with Crippen LogP contribution in [0.5, 0.6) is 11.5 Å². The van der Waals surface area contributed by atoms with Crippen molar-refractivity contribution in [2.24, 2.45) is 4.90 Å². The molecule has 0 saturated carbocycles. The molecule has 0 spiro atoms. The van der Waals surface area contributed by atoms with Gasteiger partial charge in [-0.05, 0) is 90.5 Å². The minimum atomic E-state index is -0.390. The molecule has 0 aliphatic carbocycles. The van der Waals surface area contributed by atoms with Gasteiger partial charge in [-0.15, -0.1) is 29.7 Å². The molecule has 0 saturated heterocycles. The number of anilines is 4. The van der Waals surface area contributed by atoms with Crippen molar-refractivity contribution >= 4 is 57.6 Å². The van der Waals surface area contributed by atoms with Crippen molar-refractivity contribution in [3.05, 3.63) is 267 Å². The van der Waals surface area contributed by atoms with Gasteiger partial charge in [0.2, 0.25) is 0 Å². The Labute approximate surface area is 480 Å². The van der Waals surface area contributed by atoms with E-state index in [1.165, 1.54) is 11.1 Å². The summed E-state index contributed by atoms with van der Waals surface area (Å²) < 4.78 is 11.4. The Kier molecular flexibility index (Phi) is 12.0. The Morgan fingerprint density at radius 3 is 1.76 bits per heavy atom. The van der Waals surface area contributed by atoms with Gasteiger partial charge in [0.15, 0.2) is 11.8 Å². The van der Waals surface area contributed by atoms with E-state index < -0.39 is 0 Å². The third kappa shape index (κ3) is 7.96. The van der Waals surface area contributed by atoms with Crippen LogP contribution in [0.4, 0.5) is 22.9 Å². The van der Waals surface area contributed by atoms with Crippen molar-refractivity contribution in [3.8, 4) is 78.5 Å². The topological polar surface area (TPSA) is 49.8 Å². The maximum absolute atomic E-state index is 6.98. The van der Waals surface area contributed by atoms with Crippen molar-refractivity contribution in [2.45, 2.75) is 26.2 Å². The minimum Gasteiger partial charge on any atom is -0.510 e. The molecule has 0 N–H and O–H groups in total. The zero-order chi connectivity index (χ0) is 52.8. The number of para-hydroxylation sites is 3. The first-order valence-electron chi connectivity index (χ1n) is 26.9. The van der Waals surface area contributed by atoms with Crippen LogP contribution in [0.1, 0.15) is 26.3 Å². The molecule has 0 unspecified atom stereocenters. The van der Waals surface area contributed by atoms with E-state index in [-0.39, 0.29) is 33.3 Å². The van der Waals surface area contributed by atoms with E-state index >= 15 is 0 Å². The van der Waals surface area contributed by atoms with Crippen LogP contribution in [0.15, 0.2) is 248 Å². The standard InChI is InChI=1S/C71H49BN6O.Pt/c1-71(2,3)61-42-43-73-69-68(61)77(49-26-11-6-12-27-49)70-74-72(62-38-18-17-30-53(62)47-22-7-4-8-23-47)63-41-40-52(45-65(63)78(69)70)79-51-29-19-28-50(44-51)75-46-76-66-54(48-24-9-5-10-25-48)35-20-36-59(66)57-33-15-13-31-55(57)56-32-14-16-34-58(56)60-37-21-39-64(75)67(60)76;/h4-43H,1-3H3;/q-2;.